The molecule has 0 spiro atoms. The van der Waals surface area contributed by atoms with Gasteiger partial charge in [-0.1, -0.05) is 12.1 Å². The predicted molar refractivity (Wildman–Crippen MR) is 113 cm³/mol. The maximum atomic E-state index is 12.9. The maximum Gasteiger partial charge on any atom is 0.191 e. The number of nitrogens with zero attached hydrogens (tertiary/aromatic N) is 2. The van der Waals surface area contributed by atoms with Crippen molar-refractivity contribution in [1.29, 1.82) is 0 Å². The quantitative estimate of drug-likeness (QED) is 0.397. The van der Waals surface area contributed by atoms with Gasteiger partial charge >= 0.3 is 0 Å². The maximum absolute atomic E-state index is 12.9. The zero-order valence-electron chi connectivity index (χ0n) is 14.3. The molecule has 0 bridgehead atoms. The fraction of sp³-hybridized carbons (Fsp3) is 0.389. The average molecular weight is 474 g/mol. The number of aliphatic imine (C=N–C) groups is 1. The largest absolute Gasteiger partial charge is 0.355 e. The summed E-state index contributed by atoms with van der Waals surface area (Å²) in [6.45, 7) is 4.63. The Bertz CT molecular complexity index is 687. The predicted octanol–water partition coefficient (Wildman–Crippen LogP) is 3.23. The normalized spacial score (nSPS) is 14.6. The summed E-state index contributed by atoms with van der Waals surface area (Å²) in [6, 6.07) is 8.75. The van der Waals surface area contributed by atoms with Crippen LogP contribution in [0.1, 0.15) is 16.0 Å². The van der Waals surface area contributed by atoms with Gasteiger partial charge in [0.2, 0.25) is 0 Å². The number of hydrogen-bond donors (Lipinski definition) is 2. The molecule has 0 fully saturated rings. The van der Waals surface area contributed by atoms with E-state index in [0.717, 1.165) is 44.1 Å². The van der Waals surface area contributed by atoms with Gasteiger partial charge in [-0.2, -0.15) is 0 Å². The SMILES string of the molecule is CN=C(NCCN1CCc2sccc2C1)NCc1ccc(F)cc1.I. The summed E-state index contributed by atoms with van der Waals surface area (Å²) in [5.41, 5.74) is 2.51. The second-order valence-corrected chi connectivity index (χ2v) is 6.87. The van der Waals surface area contributed by atoms with Gasteiger partial charge in [-0.3, -0.25) is 9.89 Å². The van der Waals surface area contributed by atoms with Gasteiger partial charge in [-0.05, 0) is 41.1 Å². The van der Waals surface area contributed by atoms with E-state index in [1.165, 1.54) is 22.6 Å². The topological polar surface area (TPSA) is 39.7 Å². The number of rotatable bonds is 5. The number of thiophene rings is 1. The molecule has 1 aliphatic heterocycles. The summed E-state index contributed by atoms with van der Waals surface area (Å²) in [6.07, 6.45) is 1.16. The number of benzene rings is 1. The molecule has 25 heavy (non-hydrogen) atoms. The van der Waals surface area contributed by atoms with Gasteiger partial charge in [-0.15, -0.1) is 35.3 Å². The zero-order chi connectivity index (χ0) is 16.8. The Morgan fingerprint density at radius 2 is 2.04 bits per heavy atom. The number of guanidine groups is 1. The Labute approximate surface area is 169 Å². The lowest BCUT2D eigenvalue weighted by atomic mass is 10.1. The van der Waals surface area contributed by atoms with Gasteiger partial charge in [0.25, 0.3) is 0 Å². The third kappa shape index (κ3) is 5.93. The van der Waals surface area contributed by atoms with Crippen LogP contribution in [0.3, 0.4) is 0 Å². The van der Waals surface area contributed by atoms with Crippen molar-refractivity contribution >= 4 is 41.3 Å². The van der Waals surface area contributed by atoms with Crippen LogP contribution in [0.2, 0.25) is 0 Å². The first-order valence-electron chi connectivity index (χ1n) is 8.21. The van der Waals surface area contributed by atoms with Gasteiger partial charge in [0.1, 0.15) is 5.82 Å². The number of nitrogens with one attached hydrogen (secondary N) is 2. The molecular formula is C18H24FIN4S. The molecule has 0 radical (unpaired) electrons. The van der Waals surface area contributed by atoms with Gasteiger partial charge in [0, 0.05) is 44.6 Å². The van der Waals surface area contributed by atoms with Gasteiger partial charge < -0.3 is 10.6 Å². The fourth-order valence-electron chi connectivity index (χ4n) is 2.84. The van der Waals surface area contributed by atoms with E-state index in [1.54, 1.807) is 19.2 Å². The molecule has 0 unspecified atom stereocenters. The molecule has 2 aromatic rings. The van der Waals surface area contributed by atoms with E-state index < -0.39 is 0 Å². The minimum absolute atomic E-state index is 0. The molecule has 1 aliphatic rings. The van der Waals surface area contributed by atoms with Crippen LogP contribution in [-0.2, 0) is 19.5 Å². The van der Waals surface area contributed by atoms with Crippen LogP contribution in [0.5, 0.6) is 0 Å². The van der Waals surface area contributed by atoms with Crippen LogP contribution in [0.25, 0.3) is 0 Å². The van der Waals surface area contributed by atoms with E-state index in [4.69, 9.17) is 0 Å². The number of fused-ring (bicyclic) bond motifs is 1. The summed E-state index contributed by atoms with van der Waals surface area (Å²) in [5, 5.41) is 8.78. The van der Waals surface area contributed by atoms with Gasteiger partial charge in [-0.25, -0.2) is 4.39 Å². The summed E-state index contributed by atoms with van der Waals surface area (Å²) in [5.74, 6) is 0.559. The zero-order valence-corrected chi connectivity index (χ0v) is 17.4. The summed E-state index contributed by atoms with van der Waals surface area (Å²) < 4.78 is 12.9. The molecule has 7 heteroatoms. The van der Waals surface area contributed by atoms with Crippen LogP contribution in [0, 0.1) is 5.82 Å². The monoisotopic (exact) mass is 474 g/mol. The summed E-state index contributed by atoms with van der Waals surface area (Å²) >= 11 is 1.87. The number of halogens is 2. The van der Waals surface area contributed by atoms with Gasteiger partial charge in [0.05, 0.1) is 0 Å². The van der Waals surface area contributed by atoms with E-state index >= 15 is 0 Å². The van der Waals surface area contributed by atoms with Crippen molar-refractivity contribution in [3.05, 3.63) is 57.5 Å². The molecule has 4 nitrogen and oxygen atoms in total. The smallest absolute Gasteiger partial charge is 0.191 e. The molecule has 0 saturated heterocycles. The van der Waals surface area contributed by atoms with Crippen molar-refractivity contribution < 1.29 is 4.39 Å². The van der Waals surface area contributed by atoms with Crippen molar-refractivity contribution in [2.45, 2.75) is 19.5 Å². The molecule has 2 heterocycles. The Hall–Kier alpha value is -1.19. The highest BCUT2D eigenvalue weighted by atomic mass is 127. The third-order valence-corrected chi connectivity index (χ3v) is 5.23. The molecule has 0 saturated carbocycles. The highest BCUT2D eigenvalue weighted by Gasteiger charge is 2.16. The fourth-order valence-corrected chi connectivity index (χ4v) is 3.73. The van der Waals surface area contributed by atoms with Crippen LogP contribution in [0.4, 0.5) is 4.39 Å². The first kappa shape index (κ1) is 20.1. The molecule has 1 aromatic carbocycles. The Morgan fingerprint density at radius 3 is 2.80 bits per heavy atom. The second kappa shape index (κ2) is 10.1. The molecule has 0 atom stereocenters. The molecule has 136 valence electrons. The lowest BCUT2D eigenvalue weighted by molar-refractivity contribution is 0.260. The van der Waals surface area contributed by atoms with Crippen molar-refractivity contribution in [2.75, 3.05) is 26.7 Å². The summed E-state index contributed by atoms with van der Waals surface area (Å²) in [7, 11) is 1.76. The van der Waals surface area contributed by atoms with Gasteiger partial charge in [0.15, 0.2) is 5.96 Å². The van der Waals surface area contributed by atoms with E-state index in [0.29, 0.717) is 6.54 Å². The van der Waals surface area contributed by atoms with Crippen LogP contribution in [0.15, 0.2) is 40.7 Å². The first-order valence-corrected chi connectivity index (χ1v) is 9.09. The highest BCUT2D eigenvalue weighted by Crippen LogP contribution is 2.23. The van der Waals surface area contributed by atoms with Crippen LogP contribution >= 0.6 is 35.3 Å². The Morgan fingerprint density at radius 1 is 1.24 bits per heavy atom. The minimum Gasteiger partial charge on any atom is -0.355 e. The van der Waals surface area contributed by atoms with E-state index in [-0.39, 0.29) is 29.8 Å². The first-order chi connectivity index (χ1) is 11.7. The molecule has 1 aromatic heterocycles. The lowest BCUT2D eigenvalue weighted by Gasteiger charge is -2.27. The van der Waals surface area contributed by atoms with Crippen molar-refractivity contribution in [1.82, 2.24) is 15.5 Å². The standard InChI is InChI=1S/C18H23FN4S.HI/c1-20-18(22-12-14-2-4-16(19)5-3-14)21-8-10-23-9-6-17-15(13-23)7-11-24-17;/h2-5,7,11H,6,8-10,12-13H2,1H3,(H2,20,21,22);1H. The lowest BCUT2D eigenvalue weighted by Crippen LogP contribution is -2.42. The van der Waals surface area contributed by atoms with Crippen LogP contribution < -0.4 is 10.6 Å². The third-order valence-electron chi connectivity index (χ3n) is 4.20. The Balaban J connectivity index is 0.00000225. The average Bonchev–Trinajstić information content (AvgIpc) is 3.07. The number of hydrogen-bond acceptors (Lipinski definition) is 3. The van der Waals surface area contributed by atoms with E-state index in [1.807, 2.05) is 11.3 Å². The minimum atomic E-state index is -0.212. The van der Waals surface area contributed by atoms with Crippen molar-refractivity contribution in [2.24, 2.45) is 4.99 Å². The Kier molecular flexibility index (Phi) is 8.11. The molecule has 0 aliphatic carbocycles. The molecule has 0 amide bonds. The van der Waals surface area contributed by atoms with E-state index in [9.17, 15) is 4.39 Å². The van der Waals surface area contributed by atoms with Crippen molar-refractivity contribution in [3.8, 4) is 0 Å². The van der Waals surface area contributed by atoms with Crippen LogP contribution in [-0.4, -0.2) is 37.5 Å². The molecule has 2 N–H and O–H groups in total. The molecule has 3 rings (SSSR count). The summed E-state index contributed by atoms with van der Waals surface area (Å²) in [4.78, 5) is 8.24. The van der Waals surface area contributed by atoms with Crippen molar-refractivity contribution in [3.63, 3.8) is 0 Å². The molecular weight excluding hydrogens is 450 g/mol. The second-order valence-electron chi connectivity index (χ2n) is 5.87. The highest BCUT2D eigenvalue weighted by molar-refractivity contribution is 14.0. The van der Waals surface area contributed by atoms with E-state index in [2.05, 4.69) is 32.0 Å².